The van der Waals surface area contributed by atoms with Crippen LogP contribution in [0.1, 0.15) is 12.8 Å². The molecule has 2 aromatic rings. The highest BCUT2D eigenvalue weighted by Crippen LogP contribution is 2.18. The van der Waals surface area contributed by atoms with Crippen molar-refractivity contribution >= 4 is 10.9 Å². The van der Waals surface area contributed by atoms with Gasteiger partial charge in [0.1, 0.15) is 5.75 Å². The minimum atomic E-state index is 0.782. The summed E-state index contributed by atoms with van der Waals surface area (Å²) in [4.78, 5) is 6.88. The normalized spacial score (nSPS) is 16.2. The van der Waals surface area contributed by atoms with Crippen LogP contribution in [0, 0.1) is 0 Å². The van der Waals surface area contributed by atoms with E-state index in [-0.39, 0.29) is 0 Å². The molecule has 0 unspecified atom stereocenters. The SMILES string of the molecule is c1cnc2cc(OCCCCN3CCNCC3)ccc2c1. The molecule has 0 aliphatic carbocycles. The molecule has 0 saturated carbocycles. The average Bonchev–Trinajstić information content (AvgIpc) is 2.55. The first-order chi connectivity index (χ1) is 10.4. The van der Waals surface area contributed by atoms with Crippen LogP contribution in [0.2, 0.25) is 0 Å². The molecule has 0 bridgehead atoms. The second-order valence-electron chi connectivity index (χ2n) is 5.51. The number of nitrogens with zero attached hydrogens (tertiary/aromatic N) is 2. The van der Waals surface area contributed by atoms with Gasteiger partial charge >= 0.3 is 0 Å². The first-order valence-corrected chi connectivity index (χ1v) is 7.82. The van der Waals surface area contributed by atoms with Gasteiger partial charge in [0.05, 0.1) is 12.1 Å². The summed E-state index contributed by atoms with van der Waals surface area (Å²) in [5.74, 6) is 0.920. The zero-order chi connectivity index (χ0) is 14.3. The van der Waals surface area contributed by atoms with Crippen LogP contribution in [-0.2, 0) is 0 Å². The van der Waals surface area contributed by atoms with Crippen molar-refractivity contribution in [3.8, 4) is 5.75 Å². The number of ether oxygens (including phenoxy) is 1. The van der Waals surface area contributed by atoms with Gasteiger partial charge in [-0.05, 0) is 37.6 Å². The van der Waals surface area contributed by atoms with Gasteiger partial charge in [0.15, 0.2) is 0 Å². The number of aromatic nitrogens is 1. The van der Waals surface area contributed by atoms with Crippen molar-refractivity contribution in [1.82, 2.24) is 15.2 Å². The maximum absolute atomic E-state index is 5.83. The molecule has 1 aliphatic heterocycles. The molecule has 1 N–H and O–H groups in total. The van der Waals surface area contributed by atoms with E-state index in [0.717, 1.165) is 42.8 Å². The molecule has 3 rings (SSSR count). The number of nitrogens with one attached hydrogen (secondary N) is 1. The summed E-state index contributed by atoms with van der Waals surface area (Å²) in [6, 6.07) is 10.1. The molecule has 4 heteroatoms. The van der Waals surface area contributed by atoms with E-state index in [2.05, 4.69) is 27.3 Å². The molecule has 1 aromatic carbocycles. The van der Waals surface area contributed by atoms with Crippen LogP contribution in [0.15, 0.2) is 36.5 Å². The zero-order valence-corrected chi connectivity index (χ0v) is 12.4. The molecule has 21 heavy (non-hydrogen) atoms. The maximum Gasteiger partial charge on any atom is 0.121 e. The fourth-order valence-electron chi connectivity index (χ4n) is 2.70. The Morgan fingerprint density at radius 3 is 2.95 bits per heavy atom. The highest BCUT2D eigenvalue weighted by molar-refractivity contribution is 5.79. The number of benzene rings is 1. The number of hydrogen-bond donors (Lipinski definition) is 1. The van der Waals surface area contributed by atoms with Crippen LogP contribution >= 0.6 is 0 Å². The molecule has 0 spiro atoms. The smallest absolute Gasteiger partial charge is 0.121 e. The van der Waals surface area contributed by atoms with Crippen LogP contribution in [0.4, 0.5) is 0 Å². The summed E-state index contributed by atoms with van der Waals surface area (Å²) in [5, 5.41) is 4.54. The molecule has 112 valence electrons. The van der Waals surface area contributed by atoms with Gasteiger partial charge in [-0.25, -0.2) is 0 Å². The summed E-state index contributed by atoms with van der Waals surface area (Å²) in [6.07, 6.45) is 4.12. The molecule has 1 fully saturated rings. The molecule has 0 atom stereocenters. The third-order valence-corrected chi connectivity index (χ3v) is 3.92. The highest BCUT2D eigenvalue weighted by Gasteiger charge is 2.08. The predicted molar refractivity (Wildman–Crippen MR) is 85.8 cm³/mol. The number of hydrogen-bond acceptors (Lipinski definition) is 4. The molecule has 1 saturated heterocycles. The van der Waals surface area contributed by atoms with E-state index in [0.29, 0.717) is 0 Å². The lowest BCUT2D eigenvalue weighted by molar-refractivity contribution is 0.226. The van der Waals surface area contributed by atoms with Crippen molar-refractivity contribution in [3.63, 3.8) is 0 Å². The molecular weight excluding hydrogens is 262 g/mol. The Bertz CT molecular complexity index is 567. The number of fused-ring (bicyclic) bond motifs is 1. The molecule has 1 aromatic heterocycles. The number of pyridine rings is 1. The monoisotopic (exact) mass is 285 g/mol. The van der Waals surface area contributed by atoms with Crippen LogP contribution in [-0.4, -0.2) is 49.2 Å². The first-order valence-electron chi connectivity index (χ1n) is 7.82. The Morgan fingerprint density at radius 2 is 2.05 bits per heavy atom. The first kappa shape index (κ1) is 14.3. The molecule has 0 amide bonds. The van der Waals surface area contributed by atoms with Crippen molar-refractivity contribution in [3.05, 3.63) is 36.5 Å². The van der Waals surface area contributed by atoms with Gasteiger partial charge < -0.3 is 15.0 Å². The van der Waals surface area contributed by atoms with E-state index in [9.17, 15) is 0 Å². The fourth-order valence-corrected chi connectivity index (χ4v) is 2.70. The summed E-state index contributed by atoms with van der Waals surface area (Å²) < 4.78 is 5.83. The lowest BCUT2D eigenvalue weighted by Gasteiger charge is -2.26. The molecule has 0 radical (unpaired) electrons. The Kier molecular flexibility index (Phi) is 5.03. The van der Waals surface area contributed by atoms with Gasteiger partial charge in [0.25, 0.3) is 0 Å². The van der Waals surface area contributed by atoms with Gasteiger partial charge in [-0.15, -0.1) is 0 Å². The highest BCUT2D eigenvalue weighted by atomic mass is 16.5. The molecular formula is C17H23N3O. The quantitative estimate of drug-likeness (QED) is 0.826. The van der Waals surface area contributed by atoms with Crippen LogP contribution in [0.5, 0.6) is 5.75 Å². The standard InChI is InChI=1S/C17H23N3O/c1(10-20-11-8-18-9-12-20)2-13-21-16-6-5-15-4-3-7-19-17(15)14-16/h3-7,14,18H,1-2,8-13H2. The van der Waals surface area contributed by atoms with Gasteiger partial charge in [-0.1, -0.05) is 6.07 Å². The summed E-state index contributed by atoms with van der Waals surface area (Å²) in [5.41, 5.74) is 0.996. The second kappa shape index (κ2) is 7.38. The summed E-state index contributed by atoms with van der Waals surface area (Å²) in [6.45, 7) is 6.57. The van der Waals surface area contributed by atoms with Gasteiger partial charge in [0.2, 0.25) is 0 Å². The van der Waals surface area contributed by atoms with Crippen LogP contribution in [0.3, 0.4) is 0 Å². The fraction of sp³-hybridized carbons (Fsp3) is 0.471. The Labute approximate surface area is 126 Å². The van der Waals surface area contributed by atoms with E-state index in [4.69, 9.17) is 4.74 Å². The lowest BCUT2D eigenvalue weighted by atomic mass is 10.2. The molecule has 4 nitrogen and oxygen atoms in total. The van der Waals surface area contributed by atoms with Crippen molar-refractivity contribution in [2.24, 2.45) is 0 Å². The van der Waals surface area contributed by atoms with E-state index < -0.39 is 0 Å². The van der Waals surface area contributed by atoms with Crippen molar-refractivity contribution in [1.29, 1.82) is 0 Å². The summed E-state index contributed by atoms with van der Waals surface area (Å²) >= 11 is 0. The van der Waals surface area contributed by atoms with Crippen LogP contribution < -0.4 is 10.1 Å². The Balaban J connectivity index is 1.39. The molecule has 1 aliphatic rings. The minimum Gasteiger partial charge on any atom is -0.494 e. The zero-order valence-electron chi connectivity index (χ0n) is 12.4. The van der Waals surface area contributed by atoms with Gasteiger partial charge in [0, 0.05) is 43.8 Å². The lowest BCUT2D eigenvalue weighted by Crippen LogP contribution is -2.43. The van der Waals surface area contributed by atoms with Gasteiger partial charge in [-0.2, -0.15) is 0 Å². The third-order valence-electron chi connectivity index (χ3n) is 3.92. The predicted octanol–water partition coefficient (Wildman–Crippen LogP) is 2.30. The van der Waals surface area contributed by atoms with Crippen molar-refractivity contribution in [2.45, 2.75) is 12.8 Å². The molecule has 2 heterocycles. The largest absolute Gasteiger partial charge is 0.494 e. The topological polar surface area (TPSA) is 37.4 Å². The second-order valence-corrected chi connectivity index (χ2v) is 5.51. The van der Waals surface area contributed by atoms with E-state index in [1.807, 2.05) is 24.4 Å². The minimum absolute atomic E-state index is 0.782. The summed E-state index contributed by atoms with van der Waals surface area (Å²) in [7, 11) is 0. The van der Waals surface area contributed by atoms with Crippen molar-refractivity contribution < 1.29 is 4.74 Å². The number of piperazine rings is 1. The van der Waals surface area contributed by atoms with E-state index in [1.165, 1.54) is 26.1 Å². The van der Waals surface area contributed by atoms with Crippen LogP contribution in [0.25, 0.3) is 10.9 Å². The Morgan fingerprint density at radius 1 is 1.14 bits per heavy atom. The third kappa shape index (κ3) is 4.16. The number of rotatable bonds is 6. The van der Waals surface area contributed by atoms with E-state index in [1.54, 1.807) is 0 Å². The van der Waals surface area contributed by atoms with Gasteiger partial charge in [-0.3, -0.25) is 4.98 Å². The number of unbranched alkanes of at least 4 members (excludes halogenated alkanes) is 1. The van der Waals surface area contributed by atoms with Crippen molar-refractivity contribution in [2.75, 3.05) is 39.3 Å². The maximum atomic E-state index is 5.83. The average molecular weight is 285 g/mol. The van der Waals surface area contributed by atoms with E-state index >= 15 is 0 Å². The Hall–Kier alpha value is -1.65.